The highest BCUT2D eigenvalue weighted by atomic mass is 16.6. The molecule has 0 aromatic heterocycles. The fourth-order valence-electron chi connectivity index (χ4n) is 6.03. The van der Waals surface area contributed by atoms with Crippen LogP contribution >= 0.6 is 0 Å². The first-order valence-electron chi connectivity index (χ1n) is 12.6. The number of carbonyl (C=O) groups is 3. The van der Waals surface area contributed by atoms with Crippen molar-refractivity contribution in [1.82, 2.24) is 5.32 Å². The largest absolute Gasteiger partial charge is 0.457 e. The van der Waals surface area contributed by atoms with Crippen molar-refractivity contribution in [3.8, 4) is 0 Å². The summed E-state index contributed by atoms with van der Waals surface area (Å²) < 4.78 is 11.8. The molecule has 1 amide bonds. The summed E-state index contributed by atoms with van der Waals surface area (Å²) in [6.07, 6.45) is -3.21. The number of aliphatic hydroxyl groups excluding tert-OH is 2. The number of nitrogens with one attached hydrogen (secondary N) is 1. The number of hydrogen-bond acceptors (Lipinski definition) is 8. The van der Waals surface area contributed by atoms with E-state index in [1.54, 1.807) is 6.92 Å². The molecule has 3 fully saturated rings. The maximum atomic E-state index is 13.5. The molecular formula is C26H41NO8. The standard InChI is InChI=1S/C26H41NO8/c1-7-25(6)12-16(29)26(33)19-15(28)10-11-24(4,5)20(19)21(32)22(23(26)35-25)34-18(31)9-8-17(30)27-13-14(2)3/h7,14-15,19-23,28,32-33H,1,8-13H2,2-6H3,(H,27,30). The molecule has 0 spiro atoms. The molecule has 0 radical (unpaired) electrons. The third-order valence-corrected chi connectivity index (χ3v) is 8.05. The molecule has 0 aromatic carbocycles. The van der Waals surface area contributed by atoms with Gasteiger partial charge in [0.1, 0.15) is 6.10 Å². The van der Waals surface area contributed by atoms with Crippen LogP contribution < -0.4 is 5.32 Å². The molecule has 1 aliphatic heterocycles. The van der Waals surface area contributed by atoms with E-state index in [0.29, 0.717) is 19.4 Å². The zero-order valence-electron chi connectivity index (χ0n) is 21.5. The van der Waals surface area contributed by atoms with Crippen molar-refractivity contribution in [1.29, 1.82) is 0 Å². The molecule has 35 heavy (non-hydrogen) atoms. The molecule has 1 heterocycles. The van der Waals surface area contributed by atoms with E-state index in [1.807, 2.05) is 27.7 Å². The summed E-state index contributed by atoms with van der Waals surface area (Å²) in [6.45, 7) is 13.6. The summed E-state index contributed by atoms with van der Waals surface area (Å²) in [4.78, 5) is 38.3. The summed E-state index contributed by atoms with van der Waals surface area (Å²) in [5.74, 6) is -3.01. The van der Waals surface area contributed by atoms with E-state index in [0.717, 1.165) is 0 Å². The molecular weight excluding hydrogens is 454 g/mol. The van der Waals surface area contributed by atoms with Crippen LogP contribution in [0.1, 0.15) is 66.7 Å². The van der Waals surface area contributed by atoms with Gasteiger partial charge in [-0.3, -0.25) is 14.4 Å². The van der Waals surface area contributed by atoms with Crippen LogP contribution in [-0.2, 0) is 23.9 Å². The average Bonchev–Trinajstić information content (AvgIpc) is 2.77. The van der Waals surface area contributed by atoms with Gasteiger partial charge in [-0.05, 0) is 31.1 Å². The molecule has 2 aliphatic carbocycles. The zero-order valence-corrected chi connectivity index (χ0v) is 21.5. The van der Waals surface area contributed by atoms with E-state index < -0.39 is 64.6 Å². The van der Waals surface area contributed by atoms with E-state index in [9.17, 15) is 29.7 Å². The van der Waals surface area contributed by atoms with Crippen LogP contribution in [0.15, 0.2) is 12.7 Å². The van der Waals surface area contributed by atoms with Crippen molar-refractivity contribution in [2.75, 3.05) is 6.54 Å². The quantitative estimate of drug-likeness (QED) is 0.306. The Kier molecular flexibility index (Phi) is 7.87. The normalized spacial score (nSPS) is 40.4. The lowest BCUT2D eigenvalue weighted by molar-refractivity contribution is -0.306. The summed E-state index contributed by atoms with van der Waals surface area (Å²) in [5.41, 5.74) is -3.84. The number of amides is 1. The smallest absolute Gasteiger partial charge is 0.306 e. The van der Waals surface area contributed by atoms with E-state index in [4.69, 9.17) is 9.47 Å². The molecule has 4 N–H and O–H groups in total. The number of ketones is 1. The minimum atomic E-state index is -2.15. The monoisotopic (exact) mass is 495 g/mol. The van der Waals surface area contributed by atoms with Gasteiger partial charge >= 0.3 is 5.97 Å². The maximum Gasteiger partial charge on any atom is 0.306 e. The van der Waals surface area contributed by atoms with E-state index in [-0.39, 0.29) is 31.1 Å². The van der Waals surface area contributed by atoms with E-state index in [2.05, 4.69) is 11.9 Å². The molecule has 198 valence electrons. The number of ether oxygens (including phenoxy) is 2. The van der Waals surface area contributed by atoms with Crippen LogP contribution in [-0.4, -0.2) is 75.1 Å². The number of fused-ring (bicyclic) bond motifs is 3. The zero-order chi connectivity index (χ0) is 26.3. The van der Waals surface area contributed by atoms with E-state index >= 15 is 0 Å². The third-order valence-electron chi connectivity index (χ3n) is 8.05. The van der Waals surface area contributed by atoms with Crippen LogP contribution in [0.3, 0.4) is 0 Å². The predicted octanol–water partition coefficient (Wildman–Crippen LogP) is 1.27. The first-order chi connectivity index (χ1) is 16.2. The molecule has 3 aliphatic rings. The highest BCUT2D eigenvalue weighted by Gasteiger charge is 2.71. The Balaban J connectivity index is 1.90. The lowest BCUT2D eigenvalue weighted by atomic mass is 9.49. The summed E-state index contributed by atoms with van der Waals surface area (Å²) in [5, 5.41) is 37.0. The van der Waals surface area contributed by atoms with Crippen LogP contribution in [0.2, 0.25) is 0 Å². The average molecular weight is 496 g/mol. The van der Waals surface area contributed by atoms with Gasteiger partial charge in [-0.25, -0.2) is 0 Å². The van der Waals surface area contributed by atoms with Crippen molar-refractivity contribution in [3.05, 3.63) is 12.7 Å². The predicted molar refractivity (Wildman–Crippen MR) is 127 cm³/mol. The minimum absolute atomic E-state index is 0.0935. The first kappa shape index (κ1) is 27.8. The third kappa shape index (κ3) is 5.19. The van der Waals surface area contributed by atoms with Gasteiger partial charge in [0.05, 0.1) is 24.2 Å². The second-order valence-electron chi connectivity index (χ2n) is 11.8. The van der Waals surface area contributed by atoms with Gasteiger partial charge in [0.25, 0.3) is 0 Å². The van der Waals surface area contributed by atoms with Gasteiger partial charge in [0.2, 0.25) is 5.91 Å². The van der Waals surface area contributed by atoms with Gasteiger partial charge in [-0.2, -0.15) is 0 Å². The number of hydrogen-bond donors (Lipinski definition) is 4. The SMILES string of the molecule is C=CC1(C)CC(=O)C2(O)C(O1)C(OC(=O)CCC(=O)NCC(C)C)C(O)C1C2C(O)CCC1(C)C. The van der Waals surface area contributed by atoms with Crippen molar-refractivity contribution in [3.63, 3.8) is 0 Å². The second-order valence-corrected chi connectivity index (χ2v) is 11.8. The lowest BCUT2D eigenvalue weighted by Gasteiger charge is -2.62. The van der Waals surface area contributed by atoms with Gasteiger partial charge in [0.15, 0.2) is 17.5 Å². The van der Waals surface area contributed by atoms with Crippen molar-refractivity contribution < 1.29 is 39.2 Å². The Morgan fingerprint density at radius 3 is 2.49 bits per heavy atom. The Morgan fingerprint density at radius 1 is 1.23 bits per heavy atom. The molecule has 3 rings (SSSR count). The van der Waals surface area contributed by atoms with Crippen molar-refractivity contribution >= 4 is 17.7 Å². The fraction of sp³-hybridized carbons (Fsp3) is 0.808. The van der Waals surface area contributed by atoms with Crippen molar-refractivity contribution in [2.24, 2.45) is 23.2 Å². The number of rotatable bonds is 7. The molecule has 0 aromatic rings. The van der Waals surface area contributed by atoms with Crippen LogP contribution in [0, 0.1) is 23.2 Å². The highest BCUT2D eigenvalue weighted by Crippen LogP contribution is 2.57. The van der Waals surface area contributed by atoms with Crippen LogP contribution in [0.5, 0.6) is 0 Å². The van der Waals surface area contributed by atoms with Gasteiger partial charge in [0, 0.05) is 31.2 Å². The number of Topliss-reactive ketones (excluding diaryl/α,β-unsaturated/α-hetero) is 1. The molecule has 9 nitrogen and oxygen atoms in total. The number of aliphatic hydroxyl groups is 3. The van der Waals surface area contributed by atoms with Crippen LogP contribution in [0.4, 0.5) is 0 Å². The number of carbonyl (C=O) groups excluding carboxylic acids is 3. The topological polar surface area (TPSA) is 142 Å². The minimum Gasteiger partial charge on any atom is -0.457 e. The summed E-state index contributed by atoms with van der Waals surface area (Å²) >= 11 is 0. The summed E-state index contributed by atoms with van der Waals surface area (Å²) in [6, 6.07) is 0. The lowest BCUT2D eigenvalue weighted by Crippen LogP contribution is -2.78. The maximum absolute atomic E-state index is 13.5. The van der Waals surface area contributed by atoms with Crippen molar-refractivity contribution in [2.45, 2.75) is 102 Å². The highest BCUT2D eigenvalue weighted by molar-refractivity contribution is 5.91. The Bertz CT molecular complexity index is 856. The molecule has 9 heteroatoms. The second kappa shape index (κ2) is 9.92. The molecule has 2 saturated carbocycles. The first-order valence-corrected chi connectivity index (χ1v) is 12.6. The van der Waals surface area contributed by atoms with Gasteiger partial charge in [-0.1, -0.05) is 33.8 Å². The van der Waals surface area contributed by atoms with Gasteiger partial charge in [-0.15, -0.1) is 6.58 Å². The Morgan fingerprint density at radius 2 is 1.89 bits per heavy atom. The Hall–Kier alpha value is -1.81. The Labute approximate surface area is 207 Å². The van der Waals surface area contributed by atoms with Crippen LogP contribution in [0.25, 0.3) is 0 Å². The molecule has 8 atom stereocenters. The molecule has 8 unspecified atom stereocenters. The number of esters is 1. The van der Waals surface area contributed by atoms with E-state index in [1.165, 1.54) is 6.08 Å². The fourth-order valence-corrected chi connectivity index (χ4v) is 6.03. The molecule has 1 saturated heterocycles. The molecule has 0 bridgehead atoms. The summed E-state index contributed by atoms with van der Waals surface area (Å²) in [7, 11) is 0. The van der Waals surface area contributed by atoms with Gasteiger partial charge < -0.3 is 30.1 Å².